The number of carbonyl (C=O) groups is 1. The SMILES string of the molecule is CC(=O)Nc1c[nH]n(C)c1=O. The van der Waals surface area contributed by atoms with Gasteiger partial charge in [-0.2, -0.15) is 0 Å². The van der Waals surface area contributed by atoms with Crippen molar-refractivity contribution in [3.63, 3.8) is 0 Å². The van der Waals surface area contributed by atoms with Gasteiger partial charge in [0.2, 0.25) is 5.91 Å². The summed E-state index contributed by atoms with van der Waals surface area (Å²) in [6.45, 7) is 1.35. The van der Waals surface area contributed by atoms with Crippen molar-refractivity contribution in [3.8, 4) is 0 Å². The summed E-state index contributed by atoms with van der Waals surface area (Å²) in [5.41, 5.74) is 0.0419. The van der Waals surface area contributed by atoms with Crippen LogP contribution in [0.25, 0.3) is 0 Å². The highest BCUT2D eigenvalue weighted by Crippen LogP contribution is 1.93. The summed E-state index contributed by atoms with van der Waals surface area (Å²) in [6.07, 6.45) is 1.45. The van der Waals surface area contributed by atoms with E-state index in [9.17, 15) is 9.59 Å². The van der Waals surface area contributed by atoms with Crippen LogP contribution in [0.4, 0.5) is 5.69 Å². The first kappa shape index (κ1) is 7.59. The topological polar surface area (TPSA) is 66.9 Å². The van der Waals surface area contributed by atoms with E-state index in [-0.39, 0.29) is 17.2 Å². The molecule has 5 heteroatoms. The average Bonchev–Trinajstić information content (AvgIpc) is 2.18. The lowest BCUT2D eigenvalue weighted by Gasteiger charge is -1.91. The Morgan fingerprint density at radius 3 is 2.73 bits per heavy atom. The molecule has 1 rings (SSSR count). The van der Waals surface area contributed by atoms with Crippen molar-refractivity contribution in [2.24, 2.45) is 7.05 Å². The summed E-state index contributed by atoms with van der Waals surface area (Å²) in [5.74, 6) is -0.248. The molecule has 1 amide bonds. The molecule has 1 heterocycles. The Morgan fingerprint density at radius 1 is 1.73 bits per heavy atom. The Kier molecular flexibility index (Phi) is 1.80. The monoisotopic (exact) mass is 155 g/mol. The predicted octanol–water partition coefficient (Wildman–Crippen LogP) is -0.328. The summed E-state index contributed by atoms with van der Waals surface area (Å²) in [5, 5.41) is 5.02. The number of rotatable bonds is 1. The van der Waals surface area contributed by atoms with Gasteiger partial charge in [-0.1, -0.05) is 0 Å². The second-order valence-electron chi connectivity index (χ2n) is 2.23. The van der Waals surface area contributed by atoms with Crippen LogP contribution >= 0.6 is 0 Å². The number of aromatic amines is 1. The zero-order chi connectivity index (χ0) is 8.43. The minimum absolute atomic E-state index is 0.236. The lowest BCUT2D eigenvalue weighted by molar-refractivity contribution is -0.114. The van der Waals surface area contributed by atoms with Gasteiger partial charge in [-0.25, -0.2) is 0 Å². The second-order valence-corrected chi connectivity index (χ2v) is 2.23. The van der Waals surface area contributed by atoms with Gasteiger partial charge in [-0.05, 0) is 0 Å². The molecule has 0 saturated carbocycles. The first-order valence-electron chi connectivity index (χ1n) is 3.13. The van der Waals surface area contributed by atoms with E-state index < -0.39 is 0 Å². The molecule has 0 unspecified atom stereocenters. The lowest BCUT2D eigenvalue weighted by atomic mass is 10.5. The van der Waals surface area contributed by atoms with Gasteiger partial charge in [-0.3, -0.25) is 14.3 Å². The predicted molar refractivity (Wildman–Crippen MR) is 40.3 cm³/mol. The molecule has 0 fully saturated rings. The first-order chi connectivity index (χ1) is 5.11. The molecule has 0 atom stereocenters. The standard InChI is InChI=1S/C6H9N3O2/c1-4(10)8-5-3-7-9(2)6(5)11/h3,7H,1-2H3,(H,8,10). The normalized spacial score (nSPS) is 9.64. The molecule has 60 valence electrons. The molecule has 1 aromatic rings. The number of aryl methyl sites for hydroxylation is 1. The van der Waals surface area contributed by atoms with Gasteiger partial charge >= 0.3 is 0 Å². The third-order valence-electron chi connectivity index (χ3n) is 1.25. The van der Waals surface area contributed by atoms with Crippen LogP contribution in [0.3, 0.4) is 0 Å². The number of amides is 1. The van der Waals surface area contributed by atoms with Gasteiger partial charge in [0.1, 0.15) is 5.69 Å². The van der Waals surface area contributed by atoms with Crippen LogP contribution in [0.15, 0.2) is 11.0 Å². The molecule has 0 aliphatic carbocycles. The van der Waals surface area contributed by atoms with E-state index in [2.05, 4.69) is 10.4 Å². The number of anilines is 1. The second kappa shape index (κ2) is 2.61. The van der Waals surface area contributed by atoms with E-state index in [1.165, 1.54) is 17.8 Å². The van der Waals surface area contributed by atoms with Crippen LogP contribution in [-0.4, -0.2) is 15.7 Å². The highest BCUT2D eigenvalue weighted by Gasteiger charge is 2.02. The Balaban J connectivity index is 2.97. The molecular formula is C6H9N3O2. The molecule has 0 saturated heterocycles. The number of aromatic nitrogens is 2. The smallest absolute Gasteiger partial charge is 0.289 e. The summed E-state index contributed by atoms with van der Waals surface area (Å²) in [7, 11) is 1.58. The Bertz CT molecular complexity index is 323. The zero-order valence-electron chi connectivity index (χ0n) is 6.34. The molecular weight excluding hydrogens is 146 g/mol. The molecule has 11 heavy (non-hydrogen) atoms. The Morgan fingerprint density at radius 2 is 2.36 bits per heavy atom. The summed E-state index contributed by atoms with van der Waals surface area (Å²) in [6, 6.07) is 0. The quantitative estimate of drug-likeness (QED) is 0.583. The van der Waals surface area contributed by atoms with Gasteiger partial charge < -0.3 is 10.4 Å². The van der Waals surface area contributed by atoms with Crippen molar-refractivity contribution in [3.05, 3.63) is 16.6 Å². The van der Waals surface area contributed by atoms with Gasteiger partial charge in [0, 0.05) is 20.2 Å². The number of nitrogens with one attached hydrogen (secondary N) is 2. The van der Waals surface area contributed by atoms with E-state index in [4.69, 9.17) is 0 Å². The van der Waals surface area contributed by atoms with Gasteiger partial charge in [0.15, 0.2) is 0 Å². The summed E-state index contributed by atoms with van der Waals surface area (Å²) < 4.78 is 1.28. The summed E-state index contributed by atoms with van der Waals surface area (Å²) >= 11 is 0. The average molecular weight is 155 g/mol. The minimum Gasteiger partial charge on any atom is -0.320 e. The van der Waals surface area contributed by atoms with Crippen LogP contribution < -0.4 is 10.9 Å². The highest BCUT2D eigenvalue weighted by atomic mass is 16.2. The van der Waals surface area contributed by atoms with Crippen molar-refractivity contribution < 1.29 is 4.79 Å². The van der Waals surface area contributed by atoms with Crippen molar-refractivity contribution in [2.75, 3.05) is 5.32 Å². The fourth-order valence-electron chi connectivity index (χ4n) is 0.742. The van der Waals surface area contributed by atoms with Gasteiger partial charge in [0.25, 0.3) is 5.56 Å². The fraction of sp³-hybridized carbons (Fsp3) is 0.333. The highest BCUT2D eigenvalue weighted by molar-refractivity contribution is 5.88. The van der Waals surface area contributed by atoms with Crippen molar-refractivity contribution in [1.29, 1.82) is 0 Å². The van der Waals surface area contributed by atoms with E-state index in [0.717, 1.165) is 0 Å². The molecule has 0 aromatic carbocycles. The van der Waals surface area contributed by atoms with Crippen molar-refractivity contribution >= 4 is 11.6 Å². The Labute approximate surface area is 63.0 Å². The third-order valence-corrected chi connectivity index (χ3v) is 1.25. The lowest BCUT2D eigenvalue weighted by Crippen LogP contribution is -2.18. The van der Waals surface area contributed by atoms with Crippen molar-refractivity contribution in [2.45, 2.75) is 6.92 Å². The number of nitrogens with zero attached hydrogens (tertiary/aromatic N) is 1. The molecule has 2 N–H and O–H groups in total. The van der Waals surface area contributed by atoms with Crippen molar-refractivity contribution in [1.82, 2.24) is 9.78 Å². The molecule has 0 radical (unpaired) electrons. The van der Waals surface area contributed by atoms with E-state index in [1.54, 1.807) is 7.05 Å². The van der Waals surface area contributed by atoms with Crippen LogP contribution in [0.2, 0.25) is 0 Å². The maximum atomic E-state index is 11.0. The third kappa shape index (κ3) is 1.49. The van der Waals surface area contributed by atoms with Crippen LogP contribution in [0.5, 0.6) is 0 Å². The molecule has 0 spiro atoms. The summed E-state index contributed by atoms with van der Waals surface area (Å²) in [4.78, 5) is 21.5. The number of hydrogen-bond acceptors (Lipinski definition) is 2. The minimum atomic E-state index is -0.248. The van der Waals surface area contributed by atoms with E-state index >= 15 is 0 Å². The van der Waals surface area contributed by atoms with E-state index in [0.29, 0.717) is 0 Å². The van der Waals surface area contributed by atoms with Gasteiger partial charge in [-0.15, -0.1) is 0 Å². The Hall–Kier alpha value is -1.52. The van der Waals surface area contributed by atoms with Gasteiger partial charge in [0.05, 0.1) is 0 Å². The molecule has 0 aliphatic heterocycles. The molecule has 5 nitrogen and oxygen atoms in total. The van der Waals surface area contributed by atoms with Crippen LogP contribution in [-0.2, 0) is 11.8 Å². The maximum Gasteiger partial charge on any atom is 0.289 e. The fourth-order valence-corrected chi connectivity index (χ4v) is 0.742. The molecule has 0 bridgehead atoms. The van der Waals surface area contributed by atoms with Crippen LogP contribution in [0, 0.1) is 0 Å². The molecule has 0 aliphatic rings. The number of hydrogen-bond donors (Lipinski definition) is 2. The first-order valence-corrected chi connectivity index (χ1v) is 3.13. The number of carbonyl (C=O) groups excluding carboxylic acids is 1. The van der Waals surface area contributed by atoms with Crippen LogP contribution in [0.1, 0.15) is 6.92 Å². The molecule has 1 aromatic heterocycles. The van der Waals surface area contributed by atoms with E-state index in [1.807, 2.05) is 0 Å². The maximum absolute atomic E-state index is 11.0. The number of H-pyrrole nitrogens is 1. The zero-order valence-corrected chi connectivity index (χ0v) is 6.34. The largest absolute Gasteiger partial charge is 0.320 e.